The minimum absolute atomic E-state index is 0.167. The van der Waals surface area contributed by atoms with Gasteiger partial charge in [-0.3, -0.25) is 14.6 Å². The van der Waals surface area contributed by atoms with Gasteiger partial charge in [0.05, 0.1) is 26.5 Å². The number of aliphatic imine (C=N–C) groups is 1. The standard InChI is InChI=1S/C27H32N2O6/c1-26(2)34-24(30)22(25(31)35-26)23(29-20-13-12-19(32-3)16-21(20)33-4)28-17-27(14-8-9-15-27)18-10-6-5-7-11-18/h5-7,10-13,16,22H,8-9,14-15,17H2,1-4H3,(H,28,29). The Morgan fingerprint density at radius 1 is 1.00 bits per heavy atom. The van der Waals surface area contributed by atoms with E-state index in [1.165, 1.54) is 26.5 Å². The van der Waals surface area contributed by atoms with Crippen LogP contribution in [0.3, 0.4) is 0 Å². The zero-order chi connectivity index (χ0) is 25.1. The largest absolute Gasteiger partial charge is 0.497 e. The Labute approximate surface area is 205 Å². The first-order valence-corrected chi connectivity index (χ1v) is 11.8. The summed E-state index contributed by atoms with van der Waals surface area (Å²) in [6.45, 7) is 3.47. The van der Waals surface area contributed by atoms with E-state index in [1.54, 1.807) is 25.3 Å². The third kappa shape index (κ3) is 5.26. The summed E-state index contributed by atoms with van der Waals surface area (Å²) in [7, 11) is 3.10. The molecule has 0 aromatic heterocycles. The second kappa shape index (κ2) is 9.98. The van der Waals surface area contributed by atoms with Crippen molar-refractivity contribution in [2.75, 3.05) is 26.1 Å². The molecule has 2 aromatic rings. The van der Waals surface area contributed by atoms with E-state index in [-0.39, 0.29) is 11.3 Å². The van der Waals surface area contributed by atoms with Crippen molar-refractivity contribution in [3.63, 3.8) is 0 Å². The maximum Gasteiger partial charge on any atom is 0.331 e. The van der Waals surface area contributed by atoms with Crippen LogP contribution in [0.1, 0.15) is 45.1 Å². The first kappa shape index (κ1) is 24.6. The summed E-state index contributed by atoms with van der Waals surface area (Å²) in [5, 5.41) is 3.17. The molecule has 0 radical (unpaired) electrons. The normalized spacial score (nSPS) is 19.6. The summed E-state index contributed by atoms with van der Waals surface area (Å²) in [6.07, 6.45) is 4.15. The first-order valence-electron chi connectivity index (χ1n) is 11.8. The highest BCUT2D eigenvalue weighted by molar-refractivity contribution is 6.21. The number of carbonyl (C=O) groups is 2. The quantitative estimate of drug-likeness (QED) is 0.270. The summed E-state index contributed by atoms with van der Waals surface area (Å²) in [5.74, 6) is -2.81. The number of amidine groups is 1. The number of nitrogens with zero attached hydrogens (tertiary/aromatic N) is 1. The Kier molecular flexibility index (Phi) is 7.00. The lowest BCUT2D eigenvalue weighted by atomic mass is 9.79. The fourth-order valence-electron chi connectivity index (χ4n) is 4.80. The van der Waals surface area contributed by atoms with Crippen LogP contribution in [-0.2, 0) is 24.5 Å². The number of rotatable bonds is 7. The molecule has 1 aliphatic carbocycles. The van der Waals surface area contributed by atoms with E-state index in [4.69, 9.17) is 23.9 Å². The van der Waals surface area contributed by atoms with E-state index in [0.29, 0.717) is 23.7 Å². The van der Waals surface area contributed by atoms with Crippen LogP contribution in [0.2, 0.25) is 0 Å². The van der Waals surface area contributed by atoms with E-state index in [0.717, 1.165) is 25.7 Å². The van der Waals surface area contributed by atoms with E-state index in [9.17, 15) is 9.59 Å². The van der Waals surface area contributed by atoms with E-state index < -0.39 is 23.6 Å². The summed E-state index contributed by atoms with van der Waals surface area (Å²) in [5.41, 5.74) is 1.58. The van der Waals surface area contributed by atoms with E-state index in [2.05, 4.69) is 17.4 Å². The molecule has 8 heteroatoms. The third-order valence-corrected chi connectivity index (χ3v) is 6.61. The smallest absolute Gasteiger partial charge is 0.331 e. The van der Waals surface area contributed by atoms with Gasteiger partial charge in [0.25, 0.3) is 5.79 Å². The monoisotopic (exact) mass is 480 g/mol. The van der Waals surface area contributed by atoms with Crippen molar-refractivity contribution in [1.29, 1.82) is 0 Å². The second-order valence-corrected chi connectivity index (χ2v) is 9.42. The van der Waals surface area contributed by atoms with Gasteiger partial charge in [-0.05, 0) is 30.5 Å². The molecule has 0 amide bonds. The van der Waals surface area contributed by atoms with Crippen molar-refractivity contribution >= 4 is 23.5 Å². The van der Waals surface area contributed by atoms with Crippen molar-refractivity contribution < 1.29 is 28.5 Å². The molecular formula is C27H32N2O6. The Hall–Kier alpha value is -3.55. The summed E-state index contributed by atoms with van der Waals surface area (Å²) in [4.78, 5) is 30.8. The molecule has 0 bridgehead atoms. The molecule has 8 nitrogen and oxygen atoms in total. The highest BCUT2D eigenvalue weighted by atomic mass is 16.7. The van der Waals surface area contributed by atoms with Crippen molar-refractivity contribution in [3.05, 3.63) is 54.1 Å². The van der Waals surface area contributed by atoms with Crippen LogP contribution in [0, 0.1) is 5.92 Å². The van der Waals surface area contributed by atoms with Gasteiger partial charge in [0.15, 0.2) is 0 Å². The third-order valence-electron chi connectivity index (χ3n) is 6.61. The van der Waals surface area contributed by atoms with Gasteiger partial charge in [0.1, 0.15) is 17.3 Å². The number of esters is 2. The number of ether oxygens (including phenoxy) is 4. The molecule has 0 unspecified atom stereocenters. The highest BCUT2D eigenvalue weighted by Crippen LogP contribution is 2.41. The fraction of sp³-hybridized carbons (Fsp3) is 0.444. The van der Waals surface area contributed by atoms with Gasteiger partial charge < -0.3 is 24.3 Å². The predicted octanol–water partition coefficient (Wildman–Crippen LogP) is 4.48. The van der Waals surface area contributed by atoms with Crippen LogP contribution in [0.5, 0.6) is 11.5 Å². The summed E-state index contributed by atoms with van der Waals surface area (Å²) < 4.78 is 21.6. The number of carbonyl (C=O) groups excluding carboxylic acids is 2. The van der Waals surface area contributed by atoms with Crippen molar-refractivity contribution in [1.82, 2.24) is 0 Å². The summed E-state index contributed by atoms with van der Waals surface area (Å²) in [6, 6.07) is 15.5. The molecule has 35 heavy (non-hydrogen) atoms. The maximum atomic E-state index is 13.0. The molecule has 0 atom stereocenters. The van der Waals surface area contributed by atoms with E-state index in [1.807, 2.05) is 18.2 Å². The average Bonchev–Trinajstić information content (AvgIpc) is 3.32. The van der Waals surface area contributed by atoms with Gasteiger partial charge in [-0.2, -0.15) is 0 Å². The van der Waals surface area contributed by atoms with Gasteiger partial charge in [-0.1, -0.05) is 43.2 Å². The van der Waals surface area contributed by atoms with E-state index >= 15 is 0 Å². The topological polar surface area (TPSA) is 95.5 Å². The molecule has 1 saturated heterocycles. The second-order valence-electron chi connectivity index (χ2n) is 9.42. The fourth-order valence-corrected chi connectivity index (χ4v) is 4.80. The molecule has 186 valence electrons. The Morgan fingerprint density at radius 2 is 1.66 bits per heavy atom. The Balaban J connectivity index is 1.72. The minimum atomic E-state index is -1.33. The van der Waals surface area contributed by atoms with Gasteiger partial charge in [-0.25, -0.2) is 0 Å². The van der Waals surface area contributed by atoms with Crippen LogP contribution in [-0.4, -0.2) is 44.3 Å². The number of benzene rings is 2. The van der Waals surface area contributed by atoms with Crippen molar-refractivity contribution in [2.24, 2.45) is 10.9 Å². The number of anilines is 1. The molecule has 1 saturated carbocycles. The zero-order valence-corrected chi connectivity index (χ0v) is 20.6. The molecule has 1 N–H and O–H groups in total. The molecule has 2 fully saturated rings. The lowest BCUT2D eigenvalue weighted by molar-refractivity contribution is -0.235. The van der Waals surface area contributed by atoms with Crippen LogP contribution >= 0.6 is 0 Å². The number of hydrogen-bond acceptors (Lipinski definition) is 7. The maximum absolute atomic E-state index is 13.0. The predicted molar refractivity (Wildman–Crippen MR) is 132 cm³/mol. The zero-order valence-electron chi connectivity index (χ0n) is 20.6. The van der Waals surface area contributed by atoms with Crippen LogP contribution in [0.4, 0.5) is 5.69 Å². The van der Waals surface area contributed by atoms with Crippen LogP contribution in [0.25, 0.3) is 0 Å². The molecule has 4 rings (SSSR count). The van der Waals surface area contributed by atoms with Crippen molar-refractivity contribution in [3.8, 4) is 11.5 Å². The molecule has 2 aromatic carbocycles. The lowest BCUT2D eigenvalue weighted by Crippen LogP contribution is -2.50. The SMILES string of the molecule is COc1ccc(NC(=NCC2(c3ccccc3)CCCC2)C2C(=O)OC(C)(C)OC2=O)c(OC)c1. The lowest BCUT2D eigenvalue weighted by Gasteiger charge is -2.34. The average molecular weight is 481 g/mol. The van der Waals surface area contributed by atoms with Gasteiger partial charge in [0, 0.05) is 25.3 Å². The van der Waals surface area contributed by atoms with Gasteiger partial charge in [-0.15, -0.1) is 0 Å². The molecule has 1 heterocycles. The first-order chi connectivity index (χ1) is 16.8. The Bertz CT molecular complexity index is 1090. The molecule has 1 aliphatic heterocycles. The summed E-state index contributed by atoms with van der Waals surface area (Å²) >= 11 is 0. The van der Waals surface area contributed by atoms with Gasteiger partial charge in [0.2, 0.25) is 5.92 Å². The minimum Gasteiger partial charge on any atom is -0.497 e. The highest BCUT2D eigenvalue weighted by Gasteiger charge is 2.47. The number of cyclic esters (lactones) is 2. The van der Waals surface area contributed by atoms with Gasteiger partial charge >= 0.3 is 11.9 Å². The Morgan fingerprint density at radius 3 is 2.26 bits per heavy atom. The molecular weight excluding hydrogens is 448 g/mol. The number of methoxy groups -OCH3 is 2. The van der Waals surface area contributed by atoms with Crippen LogP contribution < -0.4 is 14.8 Å². The number of hydrogen-bond donors (Lipinski definition) is 1. The van der Waals surface area contributed by atoms with Crippen LogP contribution in [0.15, 0.2) is 53.5 Å². The molecule has 0 spiro atoms. The van der Waals surface area contributed by atoms with Crippen molar-refractivity contribution in [2.45, 2.75) is 50.7 Å². The molecule has 2 aliphatic rings. The number of nitrogens with one attached hydrogen (secondary N) is 1.